The van der Waals surface area contributed by atoms with Gasteiger partial charge in [-0.3, -0.25) is 13.8 Å². The molecule has 12 heteroatoms. The molecule has 0 aliphatic rings. The van der Waals surface area contributed by atoms with Gasteiger partial charge in [0.15, 0.2) is 0 Å². The van der Waals surface area contributed by atoms with Crippen molar-refractivity contribution in [2.24, 2.45) is 0 Å². The lowest BCUT2D eigenvalue weighted by molar-refractivity contribution is -0.114. The molecule has 0 heterocycles. The van der Waals surface area contributed by atoms with Crippen molar-refractivity contribution in [1.82, 2.24) is 0 Å². The average molecular weight is 619 g/mol. The predicted molar refractivity (Wildman–Crippen MR) is 159 cm³/mol. The Bertz CT molecular complexity index is 1760. The van der Waals surface area contributed by atoms with Gasteiger partial charge in [-0.05, 0) is 79.6 Å². The van der Waals surface area contributed by atoms with Crippen molar-refractivity contribution >= 4 is 66.2 Å². The maximum Gasteiger partial charge on any atom is 0.264 e. The minimum atomic E-state index is -4.08. The fraction of sp³-hybridized carbons (Fsp3) is 0.107. The van der Waals surface area contributed by atoms with Crippen molar-refractivity contribution in [3.05, 3.63) is 112 Å². The lowest BCUT2D eigenvalue weighted by Crippen LogP contribution is -2.38. The summed E-state index contributed by atoms with van der Waals surface area (Å²) in [5, 5.41) is 2.91. The van der Waals surface area contributed by atoms with Crippen LogP contribution in [0.4, 0.5) is 17.1 Å². The molecule has 0 fully saturated rings. The largest absolute Gasteiger partial charge is 0.325 e. The lowest BCUT2D eigenvalue weighted by atomic mass is 10.1. The summed E-state index contributed by atoms with van der Waals surface area (Å²) in [4.78, 5) is 13.1. The van der Waals surface area contributed by atoms with Crippen LogP contribution in [0, 0.1) is 13.8 Å². The topological polar surface area (TPSA) is 113 Å². The second-order valence-electron chi connectivity index (χ2n) is 8.82. The number of carbonyl (C=O) groups excluding carboxylic acids is 1. The van der Waals surface area contributed by atoms with Gasteiger partial charge in [-0.15, -0.1) is 0 Å². The molecule has 2 N–H and O–H groups in total. The van der Waals surface area contributed by atoms with Crippen molar-refractivity contribution in [2.75, 3.05) is 20.9 Å². The number of sulfonamides is 2. The van der Waals surface area contributed by atoms with Gasteiger partial charge in [-0.2, -0.15) is 0 Å². The van der Waals surface area contributed by atoms with Crippen molar-refractivity contribution in [1.29, 1.82) is 0 Å². The van der Waals surface area contributed by atoms with Gasteiger partial charge in [0.2, 0.25) is 5.91 Å². The average Bonchev–Trinajstić information content (AvgIpc) is 2.92. The molecule has 40 heavy (non-hydrogen) atoms. The molecule has 0 spiro atoms. The third-order valence-corrected chi connectivity index (χ3v) is 10.1. The number of amides is 1. The molecule has 0 aromatic heterocycles. The number of halogens is 2. The molecule has 4 aromatic rings. The Labute approximate surface area is 243 Å². The quantitative estimate of drug-likeness (QED) is 0.231. The van der Waals surface area contributed by atoms with E-state index in [0.717, 1.165) is 15.4 Å². The summed E-state index contributed by atoms with van der Waals surface area (Å²) in [7, 11) is -8.08. The van der Waals surface area contributed by atoms with Crippen LogP contribution in [-0.4, -0.2) is 29.3 Å². The maximum atomic E-state index is 13.6. The van der Waals surface area contributed by atoms with E-state index in [1.165, 1.54) is 48.5 Å². The van der Waals surface area contributed by atoms with Crippen molar-refractivity contribution in [3.63, 3.8) is 0 Å². The number of nitrogens with one attached hydrogen (secondary N) is 2. The third-order valence-electron chi connectivity index (χ3n) is 6.11. The molecule has 0 aliphatic carbocycles. The summed E-state index contributed by atoms with van der Waals surface area (Å²) in [6.45, 7) is 3.15. The molecule has 0 saturated heterocycles. The second kappa shape index (κ2) is 11.9. The summed E-state index contributed by atoms with van der Waals surface area (Å²) in [5.74, 6) is -0.611. The van der Waals surface area contributed by atoms with Crippen LogP contribution in [0.3, 0.4) is 0 Å². The monoisotopic (exact) mass is 617 g/mol. The summed E-state index contributed by atoms with van der Waals surface area (Å²) in [6.07, 6.45) is 0. The SMILES string of the molecule is Cc1cccc(N(CC(=O)Nc2ccc(S(=O)(=O)Nc3cccc(Cl)c3Cl)cc2)S(=O)(=O)c2ccccc2)c1C. The Balaban J connectivity index is 1.56. The van der Waals surface area contributed by atoms with E-state index in [4.69, 9.17) is 23.2 Å². The number of hydrogen-bond acceptors (Lipinski definition) is 5. The number of aryl methyl sites for hydroxylation is 1. The molecular formula is C28H25Cl2N3O5S2. The summed E-state index contributed by atoms with van der Waals surface area (Å²) < 4.78 is 56.3. The number of nitrogens with zero attached hydrogens (tertiary/aromatic N) is 1. The molecule has 0 radical (unpaired) electrons. The number of hydrogen-bond donors (Lipinski definition) is 2. The van der Waals surface area contributed by atoms with Gasteiger partial charge in [0.25, 0.3) is 20.0 Å². The van der Waals surface area contributed by atoms with Gasteiger partial charge in [0.05, 0.1) is 31.2 Å². The van der Waals surface area contributed by atoms with E-state index in [1.807, 2.05) is 13.0 Å². The van der Waals surface area contributed by atoms with Crippen molar-refractivity contribution in [3.8, 4) is 0 Å². The van der Waals surface area contributed by atoms with Gasteiger partial charge >= 0.3 is 0 Å². The molecule has 0 unspecified atom stereocenters. The molecule has 1 amide bonds. The van der Waals surface area contributed by atoms with Crippen LogP contribution in [0.1, 0.15) is 11.1 Å². The molecule has 0 aliphatic heterocycles. The minimum absolute atomic E-state index is 0.0468. The van der Waals surface area contributed by atoms with Crippen LogP contribution < -0.4 is 14.3 Å². The predicted octanol–water partition coefficient (Wildman–Crippen LogP) is 6.25. The highest BCUT2D eigenvalue weighted by Gasteiger charge is 2.28. The molecule has 0 saturated carbocycles. The summed E-state index contributed by atoms with van der Waals surface area (Å²) >= 11 is 12.1. The highest BCUT2D eigenvalue weighted by Crippen LogP contribution is 2.32. The van der Waals surface area contributed by atoms with Gasteiger partial charge in [-0.1, -0.05) is 59.6 Å². The maximum absolute atomic E-state index is 13.6. The van der Waals surface area contributed by atoms with Gasteiger partial charge in [0.1, 0.15) is 6.54 Å². The van der Waals surface area contributed by atoms with Crippen LogP contribution >= 0.6 is 23.2 Å². The van der Waals surface area contributed by atoms with Crippen LogP contribution in [0.25, 0.3) is 0 Å². The Hall–Kier alpha value is -3.57. The standard InChI is InChI=1S/C28H25Cl2N3O5S2/c1-19-8-6-13-26(20(19)2)33(40(37,38)23-9-4-3-5-10-23)18-27(34)31-21-14-16-22(17-15-21)39(35,36)32-25-12-7-11-24(29)28(25)30/h3-17,32H,18H2,1-2H3,(H,31,34). The van der Waals surface area contributed by atoms with E-state index >= 15 is 0 Å². The zero-order chi connectivity index (χ0) is 29.1. The molecule has 4 rings (SSSR count). The Kier molecular flexibility index (Phi) is 8.74. The molecular weight excluding hydrogens is 593 g/mol. The second-order valence-corrected chi connectivity index (χ2v) is 13.2. The number of carbonyl (C=O) groups is 1. The Morgan fingerprint density at radius 3 is 2.10 bits per heavy atom. The highest BCUT2D eigenvalue weighted by molar-refractivity contribution is 7.93. The third kappa shape index (κ3) is 6.42. The number of rotatable bonds is 9. The zero-order valence-electron chi connectivity index (χ0n) is 21.4. The first-order valence-corrected chi connectivity index (χ1v) is 15.6. The fourth-order valence-electron chi connectivity index (χ4n) is 3.86. The normalized spacial score (nSPS) is 11.6. The van der Waals surface area contributed by atoms with Crippen molar-refractivity contribution in [2.45, 2.75) is 23.6 Å². The van der Waals surface area contributed by atoms with Crippen LogP contribution in [0.5, 0.6) is 0 Å². The first-order valence-electron chi connectivity index (χ1n) is 11.9. The number of anilines is 3. The molecule has 208 valence electrons. The van der Waals surface area contributed by atoms with Gasteiger partial charge < -0.3 is 5.32 Å². The minimum Gasteiger partial charge on any atom is -0.325 e. The molecule has 0 atom stereocenters. The van der Waals surface area contributed by atoms with E-state index in [9.17, 15) is 21.6 Å². The first-order chi connectivity index (χ1) is 18.9. The molecule has 8 nitrogen and oxygen atoms in total. The van der Waals surface area contributed by atoms with Gasteiger partial charge in [0, 0.05) is 5.69 Å². The molecule has 4 aromatic carbocycles. The Morgan fingerprint density at radius 1 is 0.775 bits per heavy atom. The number of benzene rings is 4. The summed E-state index contributed by atoms with van der Waals surface area (Å²) in [6, 6.07) is 23.1. The van der Waals surface area contributed by atoms with Crippen LogP contribution in [-0.2, 0) is 24.8 Å². The van der Waals surface area contributed by atoms with E-state index in [0.29, 0.717) is 5.69 Å². The van der Waals surface area contributed by atoms with Crippen molar-refractivity contribution < 1.29 is 21.6 Å². The Morgan fingerprint density at radius 2 is 1.43 bits per heavy atom. The first kappa shape index (κ1) is 29.4. The summed E-state index contributed by atoms with van der Waals surface area (Å²) in [5.41, 5.74) is 2.37. The highest BCUT2D eigenvalue weighted by atomic mass is 35.5. The van der Waals surface area contributed by atoms with Gasteiger partial charge in [-0.25, -0.2) is 16.8 Å². The zero-order valence-corrected chi connectivity index (χ0v) is 24.6. The molecule has 0 bridgehead atoms. The van der Waals surface area contributed by atoms with Crippen LogP contribution in [0.15, 0.2) is 101 Å². The lowest BCUT2D eigenvalue weighted by Gasteiger charge is -2.26. The van der Waals surface area contributed by atoms with E-state index in [-0.39, 0.29) is 31.2 Å². The smallest absolute Gasteiger partial charge is 0.264 e. The fourth-order valence-corrected chi connectivity index (χ4v) is 6.83. The van der Waals surface area contributed by atoms with E-state index in [1.54, 1.807) is 43.3 Å². The van der Waals surface area contributed by atoms with Crippen LogP contribution in [0.2, 0.25) is 10.0 Å². The van der Waals surface area contributed by atoms with E-state index < -0.39 is 32.5 Å². The van der Waals surface area contributed by atoms with E-state index in [2.05, 4.69) is 10.0 Å².